The first-order chi connectivity index (χ1) is 9.53. The number of aryl methyl sites for hydroxylation is 1. The Morgan fingerprint density at radius 3 is 3.05 bits per heavy atom. The van der Waals surface area contributed by atoms with Crippen LogP contribution in [0.4, 0.5) is 0 Å². The van der Waals surface area contributed by atoms with E-state index in [0.717, 1.165) is 45.3 Å². The van der Waals surface area contributed by atoms with Crippen molar-refractivity contribution < 1.29 is 5.11 Å². The summed E-state index contributed by atoms with van der Waals surface area (Å²) in [5, 5.41) is 10.2. The number of nitrogens with zero attached hydrogens (tertiary/aromatic N) is 1. The van der Waals surface area contributed by atoms with Crippen molar-refractivity contribution in [3.8, 4) is 0 Å². The number of rotatable bonds is 2. The molecule has 1 aromatic carbocycles. The number of fused-ring (bicyclic) bond motifs is 1. The van der Waals surface area contributed by atoms with Crippen LogP contribution in [0, 0.1) is 0 Å². The Labute approximate surface area is 121 Å². The van der Waals surface area contributed by atoms with Gasteiger partial charge < -0.3 is 10.8 Å². The smallest absolute Gasteiger partial charge is 0.0746 e. The summed E-state index contributed by atoms with van der Waals surface area (Å²) in [5.74, 6) is 0. The van der Waals surface area contributed by atoms with Gasteiger partial charge in [-0.25, -0.2) is 0 Å². The Morgan fingerprint density at radius 1 is 1.40 bits per heavy atom. The van der Waals surface area contributed by atoms with E-state index in [2.05, 4.69) is 23.1 Å². The molecule has 0 radical (unpaired) electrons. The highest BCUT2D eigenvalue weighted by molar-refractivity contribution is 5.36. The minimum absolute atomic E-state index is 0.225. The Morgan fingerprint density at radius 2 is 2.25 bits per heavy atom. The molecule has 3 N–H and O–H groups in total. The fourth-order valence-corrected chi connectivity index (χ4v) is 3.72. The number of β-amino-alcohol motifs (C(OH)–C–C–N with tert-alkyl or cyclic N) is 1. The third-order valence-corrected chi connectivity index (χ3v) is 4.73. The van der Waals surface area contributed by atoms with Gasteiger partial charge in [-0.15, -0.1) is 0 Å². The van der Waals surface area contributed by atoms with Crippen LogP contribution < -0.4 is 5.73 Å². The maximum atomic E-state index is 10.2. The van der Waals surface area contributed by atoms with Crippen LogP contribution in [-0.4, -0.2) is 28.7 Å². The molecule has 3 heteroatoms. The normalized spacial score (nSPS) is 31.1. The highest BCUT2D eigenvalue weighted by Crippen LogP contribution is 2.29. The predicted octanol–water partition coefficient (Wildman–Crippen LogP) is 2.37. The second-order valence-electron chi connectivity index (χ2n) is 6.84. The largest absolute Gasteiger partial charge is 0.389 e. The van der Waals surface area contributed by atoms with Gasteiger partial charge in [0.1, 0.15) is 0 Å². The molecule has 0 saturated carbocycles. The van der Waals surface area contributed by atoms with Gasteiger partial charge in [-0.1, -0.05) is 18.2 Å². The zero-order valence-corrected chi connectivity index (χ0v) is 12.4. The van der Waals surface area contributed by atoms with Crippen LogP contribution in [0.5, 0.6) is 0 Å². The first kappa shape index (κ1) is 14.1. The number of aliphatic hydroxyl groups is 1. The van der Waals surface area contributed by atoms with E-state index in [-0.39, 0.29) is 6.04 Å². The number of hydrogen-bond donors (Lipinski definition) is 2. The standard InChI is InChI=1S/C17H26N2O/c1-17(20)8-3-9-19(12-17)11-13-6-7-15-14(10-13)4-2-5-16(15)18/h6-7,10,16,20H,2-5,8-9,11-12,18H2,1H3. The Kier molecular flexibility index (Phi) is 3.85. The van der Waals surface area contributed by atoms with Crippen molar-refractivity contribution >= 4 is 0 Å². The van der Waals surface area contributed by atoms with Gasteiger partial charge in [0.2, 0.25) is 0 Å². The molecule has 1 aromatic rings. The van der Waals surface area contributed by atoms with E-state index in [9.17, 15) is 5.11 Å². The van der Waals surface area contributed by atoms with Gasteiger partial charge in [-0.05, 0) is 62.3 Å². The molecule has 2 unspecified atom stereocenters. The lowest BCUT2D eigenvalue weighted by Gasteiger charge is -2.37. The van der Waals surface area contributed by atoms with Gasteiger partial charge in [-0.3, -0.25) is 4.90 Å². The van der Waals surface area contributed by atoms with E-state index in [0.29, 0.717) is 0 Å². The Balaban J connectivity index is 1.72. The van der Waals surface area contributed by atoms with Gasteiger partial charge >= 0.3 is 0 Å². The van der Waals surface area contributed by atoms with E-state index < -0.39 is 5.60 Å². The zero-order chi connectivity index (χ0) is 14.2. The van der Waals surface area contributed by atoms with Crippen molar-refractivity contribution in [3.05, 3.63) is 34.9 Å². The molecule has 110 valence electrons. The molecule has 1 heterocycles. The predicted molar refractivity (Wildman–Crippen MR) is 81.4 cm³/mol. The quantitative estimate of drug-likeness (QED) is 0.870. The van der Waals surface area contributed by atoms with Crippen molar-refractivity contribution in [2.45, 2.75) is 57.2 Å². The number of hydrogen-bond acceptors (Lipinski definition) is 3. The summed E-state index contributed by atoms with van der Waals surface area (Å²) in [6, 6.07) is 6.99. The molecule has 3 nitrogen and oxygen atoms in total. The Hall–Kier alpha value is -0.900. The highest BCUT2D eigenvalue weighted by Gasteiger charge is 2.28. The molecule has 3 rings (SSSR count). The van der Waals surface area contributed by atoms with E-state index in [1.54, 1.807) is 0 Å². The fraction of sp³-hybridized carbons (Fsp3) is 0.647. The molecule has 2 atom stereocenters. The number of benzene rings is 1. The maximum Gasteiger partial charge on any atom is 0.0746 e. The SMILES string of the molecule is CC1(O)CCCN(Cc2ccc3c(c2)CCCC3N)C1. The van der Waals surface area contributed by atoms with E-state index in [1.165, 1.54) is 23.1 Å². The molecule has 0 bridgehead atoms. The lowest BCUT2D eigenvalue weighted by atomic mass is 9.87. The zero-order valence-electron chi connectivity index (χ0n) is 12.4. The number of piperidine rings is 1. The van der Waals surface area contributed by atoms with Crippen LogP contribution in [0.15, 0.2) is 18.2 Å². The third-order valence-electron chi connectivity index (χ3n) is 4.73. The average Bonchev–Trinajstić information content (AvgIpc) is 2.37. The van der Waals surface area contributed by atoms with Crippen LogP contribution in [0.3, 0.4) is 0 Å². The first-order valence-electron chi connectivity index (χ1n) is 7.85. The van der Waals surface area contributed by atoms with Crippen molar-refractivity contribution in [2.24, 2.45) is 5.73 Å². The first-order valence-corrected chi connectivity index (χ1v) is 7.85. The topological polar surface area (TPSA) is 49.5 Å². The Bertz CT molecular complexity index is 484. The summed E-state index contributed by atoms with van der Waals surface area (Å²) < 4.78 is 0. The van der Waals surface area contributed by atoms with Crippen LogP contribution in [-0.2, 0) is 13.0 Å². The number of likely N-dealkylation sites (tertiary alicyclic amines) is 1. The maximum absolute atomic E-state index is 10.2. The van der Waals surface area contributed by atoms with Gasteiger partial charge in [-0.2, -0.15) is 0 Å². The van der Waals surface area contributed by atoms with Gasteiger partial charge in [0.05, 0.1) is 5.60 Å². The minimum atomic E-state index is -0.519. The molecule has 1 fully saturated rings. The van der Waals surface area contributed by atoms with E-state index in [1.807, 2.05) is 6.92 Å². The van der Waals surface area contributed by atoms with Crippen molar-refractivity contribution in [2.75, 3.05) is 13.1 Å². The monoisotopic (exact) mass is 274 g/mol. The molecule has 1 aliphatic carbocycles. The molecule has 1 aliphatic heterocycles. The third kappa shape index (κ3) is 3.05. The fourth-order valence-electron chi connectivity index (χ4n) is 3.72. The van der Waals surface area contributed by atoms with Crippen LogP contribution in [0.2, 0.25) is 0 Å². The lowest BCUT2D eigenvalue weighted by Crippen LogP contribution is -2.45. The van der Waals surface area contributed by atoms with Crippen molar-refractivity contribution in [1.29, 1.82) is 0 Å². The summed E-state index contributed by atoms with van der Waals surface area (Å²) in [5.41, 5.74) is 9.78. The summed E-state index contributed by atoms with van der Waals surface area (Å²) in [4.78, 5) is 2.37. The molecular formula is C17H26N2O. The highest BCUT2D eigenvalue weighted by atomic mass is 16.3. The molecule has 0 aromatic heterocycles. The van der Waals surface area contributed by atoms with E-state index in [4.69, 9.17) is 5.73 Å². The summed E-state index contributed by atoms with van der Waals surface area (Å²) >= 11 is 0. The second-order valence-corrected chi connectivity index (χ2v) is 6.84. The van der Waals surface area contributed by atoms with E-state index >= 15 is 0 Å². The van der Waals surface area contributed by atoms with Gasteiger partial charge in [0, 0.05) is 19.1 Å². The van der Waals surface area contributed by atoms with Crippen molar-refractivity contribution in [3.63, 3.8) is 0 Å². The molecule has 1 saturated heterocycles. The molecule has 0 amide bonds. The molecule has 2 aliphatic rings. The van der Waals surface area contributed by atoms with Crippen LogP contribution in [0.1, 0.15) is 55.3 Å². The minimum Gasteiger partial charge on any atom is -0.389 e. The van der Waals surface area contributed by atoms with Crippen LogP contribution >= 0.6 is 0 Å². The van der Waals surface area contributed by atoms with Crippen molar-refractivity contribution in [1.82, 2.24) is 4.90 Å². The summed E-state index contributed by atoms with van der Waals surface area (Å²) in [6.45, 7) is 4.76. The molecular weight excluding hydrogens is 248 g/mol. The second kappa shape index (κ2) is 5.47. The summed E-state index contributed by atoms with van der Waals surface area (Å²) in [6.07, 6.45) is 5.48. The number of nitrogens with two attached hydrogens (primary N) is 1. The summed E-state index contributed by atoms with van der Waals surface area (Å²) in [7, 11) is 0. The van der Waals surface area contributed by atoms with Gasteiger partial charge in [0.15, 0.2) is 0 Å². The van der Waals surface area contributed by atoms with Gasteiger partial charge in [0.25, 0.3) is 0 Å². The average molecular weight is 274 g/mol. The van der Waals surface area contributed by atoms with Crippen LogP contribution in [0.25, 0.3) is 0 Å². The molecule has 0 spiro atoms. The lowest BCUT2D eigenvalue weighted by molar-refractivity contribution is -0.0181. The molecule has 20 heavy (non-hydrogen) atoms.